The molecule has 0 fully saturated rings. The number of hydrogen-bond donors (Lipinski definition) is 2. The molecule has 0 unspecified atom stereocenters. The number of hydrazone groups is 1. The average molecular weight is 356 g/mol. The Morgan fingerprint density at radius 1 is 1.32 bits per heavy atom. The first-order valence-corrected chi connectivity index (χ1v) is 8.84. The number of anilines is 1. The molecule has 0 aliphatic heterocycles. The van der Waals surface area contributed by atoms with Crippen molar-refractivity contribution in [2.45, 2.75) is 33.1 Å². The van der Waals surface area contributed by atoms with Crippen molar-refractivity contribution in [3.8, 4) is 5.75 Å². The maximum absolute atomic E-state index is 14.1. The summed E-state index contributed by atoms with van der Waals surface area (Å²) in [7, 11) is 0. The summed E-state index contributed by atoms with van der Waals surface area (Å²) < 4.78 is 14.1. The van der Waals surface area contributed by atoms with E-state index in [4.69, 9.17) is 0 Å². The van der Waals surface area contributed by atoms with E-state index in [0.29, 0.717) is 29.1 Å². The van der Waals surface area contributed by atoms with E-state index in [0.717, 1.165) is 15.8 Å². The summed E-state index contributed by atoms with van der Waals surface area (Å²) in [6.45, 7) is 6.01. The number of nitrogens with one attached hydrogen (secondary N) is 1. The van der Waals surface area contributed by atoms with Gasteiger partial charge in [0.2, 0.25) is 0 Å². The second kappa shape index (κ2) is 5.77. The lowest BCUT2D eigenvalue weighted by molar-refractivity contribution is 0.470. The van der Waals surface area contributed by atoms with E-state index < -0.39 is 0 Å². The molecule has 3 aromatic rings. The van der Waals surface area contributed by atoms with Crippen molar-refractivity contribution in [1.29, 1.82) is 0 Å². The third-order valence-corrected chi connectivity index (χ3v) is 5.83. The number of aromatic nitrogens is 2. The molecule has 2 aromatic heterocycles. The molecule has 4 rings (SSSR count). The highest BCUT2D eigenvalue weighted by molar-refractivity contribution is 7.18. The highest BCUT2D eigenvalue weighted by Gasteiger charge is 2.30. The standard InChI is InChI=1S/C18H17FN4OS/c1-8-6-12(16-13(24)5-4-11(19)14(8)16)22-23-17-15-9(2)10(3)25-18(15)21-7-20-17/h4-5,7-8,24H,6H2,1-3H3,(H,20,21,23)/b22-12+/t8-/m0/s1. The lowest BCUT2D eigenvalue weighted by atomic mass is 10.0. The maximum Gasteiger partial charge on any atom is 0.158 e. The highest BCUT2D eigenvalue weighted by Crippen LogP contribution is 2.40. The van der Waals surface area contributed by atoms with Crippen molar-refractivity contribution >= 4 is 33.1 Å². The second-order valence-electron chi connectivity index (χ2n) is 6.32. The van der Waals surface area contributed by atoms with Gasteiger partial charge in [-0.05, 0) is 43.9 Å². The van der Waals surface area contributed by atoms with Crippen molar-refractivity contribution in [1.82, 2.24) is 9.97 Å². The van der Waals surface area contributed by atoms with Gasteiger partial charge >= 0.3 is 0 Å². The molecule has 1 atom stereocenters. The van der Waals surface area contributed by atoms with Crippen LogP contribution in [0.1, 0.15) is 40.8 Å². The first-order valence-electron chi connectivity index (χ1n) is 8.02. The third kappa shape index (κ3) is 2.46. The molecule has 0 amide bonds. The predicted molar refractivity (Wildman–Crippen MR) is 98.1 cm³/mol. The summed E-state index contributed by atoms with van der Waals surface area (Å²) in [5, 5.41) is 15.6. The number of halogens is 1. The molecule has 0 saturated heterocycles. The average Bonchev–Trinajstić information content (AvgIpc) is 3.07. The van der Waals surface area contributed by atoms with Gasteiger partial charge in [-0.15, -0.1) is 11.3 Å². The molecule has 5 nitrogen and oxygen atoms in total. The molecule has 0 bridgehead atoms. The fourth-order valence-electron chi connectivity index (χ4n) is 3.35. The number of phenolic OH excluding ortho intramolecular Hbond substituents is 1. The Labute approximate surface area is 148 Å². The van der Waals surface area contributed by atoms with Crippen LogP contribution in [0.5, 0.6) is 5.75 Å². The molecule has 0 saturated carbocycles. The zero-order chi connectivity index (χ0) is 17.7. The van der Waals surface area contributed by atoms with Gasteiger partial charge in [-0.25, -0.2) is 14.4 Å². The molecule has 25 heavy (non-hydrogen) atoms. The summed E-state index contributed by atoms with van der Waals surface area (Å²) in [6, 6.07) is 2.67. The molecule has 128 valence electrons. The van der Waals surface area contributed by atoms with E-state index in [-0.39, 0.29) is 17.5 Å². The normalized spacial score (nSPS) is 18.1. The van der Waals surface area contributed by atoms with Gasteiger partial charge in [-0.1, -0.05) is 6.92 Å². The van der Waals surface area contributed by atoms with E-state index in [2.05, 4.69) is 20.5 Å². The first-order chi connectivity index (χ1) is 12.0. The van der Waals surface area contributed by atoms with Crippen LogP contribution in [0.15, 0.2) is 23.6 Å². The lowest BCUT2D eigenvalue weighted by Gasteiger charge is -2.07. The lowest BCUT2D eigenvalue weighted by Crippen LogP contribution is -2.02. The van der Waals surface area contributed by atoms with E-state index >= 15 is 0 Å². The van der Waals surface area contributed by atoms with Crippen LogP contribution in [-0.2, 0) is 0 Å². The zero-order valence-electron chi connectivity index (χ0n) is 14.1. The minimum absolute atomic E-state index is 0.0294. The summed E-state index contributed by atoms with van der Waals surface area (Å²) in [5.41, 5.74) is 5.77. The van der Waals surface area contributed by atoms with Gasteiger partial charge in [-0.3, -0.25) is 5.43 Å². The summed E-state index contributed by atoms with van der Waals surface area (Å²) >= 11 is 1.62. The fourth-order valence-corrected chi connectivity index (χ4v) is 4.35. The van der Waals surface area contributed by atoms with Crippen molar-refractivity contribution in [3.05, 3.63) is 45.8 Å². The number of nitrogens with zero attached hydrogens (tertiary/aromatic N) is 3. The van der Waals surface area contributed by atoms with Crippen LogP contribution in [0.3, 0.4) is 0 Å². The van der Waals surface area contributed by atoms with Crippen LogP contribution >= 0.6 is 11.3 Å². The minimum atomic E-state index is -0.306. The van der Waals surface area contributed by atoms with Gasteiger partial charge in [-0.2, -0.15) is 5.10 Å². The Kier molecular flexibility index (Phi) is 3.68. The molecule has 1 aromatic carbocycles. The Balaban J connectivity index is 1.77. The second-order valence-corrected chi connectivity index (χ2v) is 7.52. The number of aryl methyl sites for hydroxylation is 2. The van der Waals surface area contributed by atoms with Crippen LogP contribution in [0, 0.1) is 19.7 Å². The molecule has 7 heteroatoms. The minimum Gasteiger partial charge on any atom is -0.507 e. The number of benzene rings is 1. The summed E-state index contributed by atoms with van der Waals surface area (Å²) in [4.78, 5) is 10.7. The molecular formula is C18H17FN4OS. The van der Waals surface area contributed by atoms with E-state index in [1.807, 2.05) is 20.8 Å². The molecular weight excluding hydrogens is 339 g/mol. The fraction of sp³-hybridized carbons (Fsp3) is 0.278. The smallest absolute Gasteiger partial charge is 0.158 e. The van der Waals surface area contributed by atoms with Crippen LogP contribution in [0.4, 0.5) is 10.2 Å². The van der Waals surface area contributed by atoms with Gasteiger partial charge in [0.25, 0.3) is 0 Å². The summed E-state index contributed by atoms with van der Waals surface area (Å²) in [5.74, 6) is 0.338. The third-order valence-electron chi connectivity index (χ3n) is 4.71. The molecule has 1 aliphatic rings. The predicted octanol–water partition coefficient (Wildman–Crippen LogP) is 4.48. The van der Waals surface area contributed by atoms with Gasteiger partial charge in [0.15, 0.2) is 5.82 Å². The first kappa shape index (κ1) is 16.0. The largest absolute Gasteiger partial charge is 0.507 e. The maximum atomic E-state index is 14.1. The van der Waals surface area contributed by atoms with E-state index in [1.54, 1.807) is 11.3 Å². The number of aromatic hydroxyl groups is 1. The van der Waals surface area contributed by atoms with E-state index in [9.17, 15) is 9.50 Å². The quantitative estimate of drug-likeness (QED) is 0.664. The molecule has 1 aliphatic carbocycles. The highest BCUT2D eigenvalue weighted by atomic mass is 32.1. The summed E-state index contributed by atoms with van der Waals surface area (Å²) in [6.07, 6.45) is 2.06. The van der Waals surface area contributed by atoms with Crippen LogP contribution < -0.4 is 5.43 Å². The van der Waals surface area contributed by atoms with Crippen LogP contribution in [-0.4, -0.2) is 20.8 Å². The Morgan fingerprint density at radius 3 is 2.92 bits per heavy atom. The SMILES string of the molecule is Cc1sc2ncnc(N/N=C3\C[C@H](C)c4c(F)ccc(O)c43)c2c1C. The number of phenols is 1. The molecule has 2 heterocycles. The van der Waals surface area contributed by atoms with Crippen LogP contribution in [0.2, 0.25) is 0 Å². The monoisotopic (exact) mass is 356 g/mol. The Hall–Kier alpha value is -2.54. The zero-order valence-corrected chi connectivity index (χ0v) is 14.9. The Morgan fingerprint density at radius 2 is 2.12 bits per heavy atom. The van der Waals surface area contributed by atoms with Gasteiger partial charge in [0.05, 0.1) is 11.1 Å². The van der Waals surface area contributed by atoms with Crippen molar-refractivity contribution < 1.29 is 9.50 Å². The number of rotatable bonds is 2. The van der Waals surface area contributed by atoms with Gasteiger partial charge < -0.3 is 5.11 Å². The molecule has 2 N–H and O–H groups in total. The topological polar surface area (TPSA) is 70.4 Å². The number of thiophene rings is 1. The van der Waals surface area contributed by atoms with Gasteiger partial charge in [0, 0.05) is 16.0 Å². The van der Waals surface area contributed by atoms with Crippen molar-refractivity contribution in [2.75, 3.05) is 5.43 Å². The van der Waals surface area contributed by atoms with Crippen molar-refractivity contribution in [2.24, 2.45) is 5.10 Å². The Bertz CT molecular complexity index is 1030. The number of fused-ring (bicyclic) bond motifs is 2. The van der Waals surface area contributed by atoms with E-state index in [1.165, 1.54) is 23.3 Å². The van der Waals surface area contributed by atoms with Crippen LogP contribution in [0.25, 0.3) is 10.2 Å². The van der Waals surface area contributed by atoms with Crippen molar-refractivity contribution in [3.63, 3.8) is 0 Å². The molecule has 0 radical (unpaired) electrons. The van der Waals surface area contributed by atoms with Gasteiger partial charge in [0.1, 0.15) is 22.7 Å². The number of hydrogen-bond acceptors (Lipinski definition) is 6. The molecule has 0 spiro atoms.